The van der Waals surface area contributed by atoms with Crippen molar-refractivity contribution >= 4 is 29.0 Å². The molecule has 1 aromatic carbocycles. The van der Waals surface area contributed by atoms with Crippen LogP contribution < -0.4 is 15.4 Å². The van der Waals surface area contributed by atoms with Gasteiger partial charge >= 0.3 is 11.7 Å². The Balaban J connectivity index is 1.73. The van der Waals surface area contributed by atoms with Crippen molar-refractivity contribution in [1.82, 2.24) is 10.6 Å². The summed E-state index contributed by atoms with van der Waals surface area (Å²) in [6.45, 7) is -0.103. The van der Waals surface area contributed by atoms with Gasteiger partial charge in [-0.1, -0.05) is 18.2 Å². The van der Waals surface area contributed by atoms with Gasteiger partial charge in [0.25, 0.3) is 5.91 Å². The summed E-state index contributed by atoms with van der Waals surface area (Å²) >= 11 is 1.58. The van der Waals surface area contributed by atoms with E-state index >= 15 is 0 Å². The van der Waals surface area contributed by atoms with E-state index in [4.69, 9.17) is 4.74 Å². The maximum absolute atomic E-state index is 11.6. The van der Waals surface area contributed by atoms with E-state index in [1.807, 2.05) is 17.5 Å². The average Bonchev–Trinajstić information content (AvgIpc) is 3.06. The Morgan fingerprint density at radius 2 is 2.00 bits per heavy atom. The van der Waals surface area contributed by atoms with Gasteiger partial charge in [0.1, 0.15) is 0 Å². The summed E-state index contributed by atoms with van der Waals surface area (Å²) in [4.78, 5) is 34.5. The van der Waals surface area contributed by atoms with Crippen molar-refractivity contribution in [3.63, 3.8) is 0 Å². The van der Waals surface area contributed by atoms with E-state index in [9.17, 15) is 19.7 Å². The Bertz CT molecular complexity index is 718. The molecule has 0 atom stereocenters. The SMILES string of the molecule is O=C(COc1ccccc1[N+](=O)[O-])NC(=O)NCCc1cccs1. The fraction of sp³-hybridized carbons (Fsp3) is 0.200. The number of imide groups is 1. The van der Waals surface area contributed by atoms with Gasteiger partial charge in [0.05, 0.1) is 4.92 Å². The fourth-order valence-electron chi connectivity index (χ4n) is 1.83. The number of hydrogen-bond acceptors (Lipinski definition) is 6. The summed E-state index contributed by atoms with van der Waals surface area (Å²) in [5.41, 5.74) is -0.245. The van der Waals surface area contributed by atoms with Crippen molar-refractivity contribution in [3.05, 3.63) is 56.8 Å². The first-order valence-corrected chi connectivity index (χ1v) is 7.90. The zero-order valence-corrected chi connectivity index (χ0v) is 13.4. The third-order valence-corrected chi connectivity index (χ3v) is 3.85. The molecule has 2 aromatic rings. The number of nitrogens with zero attached hydrogens (tertiary/aromatic N) is 1. The Labute approximate surface area is 141 Å². The van der Waals surface area contributed by atoms with Crippen LogP contribution in [0.5, 0.6) is 5.75 Å². The van der Waals surface area contributed by atoms with Crippen LogP contribution in [0.15, 0.2) is 41.8 Å². The van der Waals surface area contributed by atoms with Crippen LogP contribution in [0.2, 0.25) is 0 Å². The minimum absolute atomic E-state index is 0.0317. The second-order valence-corrected chi connectivity index (χ2v) is 5.68. The lowest BCUT2D eigenvalue weighted by atomic mass is 10.3. The number of nitro groups is 1. The molecular formula is C15H15N3O5S. The zero-order valence-electron chi connectivity index (χ0n) is 12.6. The maximum atomic E-state index is 11.6. The van der Waals surface area contributed by atoms with Crippen molar-refractivity contribution in [2.24, 2.45) is 0 Å². The first kappa shape index (κ1) is 17.4. The second kappa shape index (κ2) is 8.63. The van der Waals surface area contributed by atoms with Crippen LogP contribution in [0.3, 0.4) is 0 Å². The number of benzene rings is 1. The molecule has 0 aliphatic rings. The molecule has 0 radical (unpaired) electrons. The van der Waals surface area contributed by atoms with Gasteiger partial charge in [-0.3, -0.25) is 20.2 Å². The fourth-order valence-corrected chi connectivity index (χ4v) is 2.54. The number of nitro benzene ring substituents is 1. The Morgan fingerprint density at radius 3 is 2.71 bits per heavy atom. The summed E-state index contributed by atoms with van der Waals surface area (Å²) < 4.78 is 5.09. The minimum atomic E-state index is -0.693. The van der Waals surface area contributed by atoms with E-state index in [2.05, 4.69) is 10.6 Å². The van der Waals surface area contributed by atoms with Crippen LogP contribution in [-0.4, -0.2) is 30.0 Å². The van der Waals surface area contributed by atoms with Gasteiger partial charge in [0, 0.05) is 17.5 Å². The van der Waals surface area contributed by atoms with Crippen molar-refractivity contribution in [2.45, 2.75) is 6.42 Å². The molecule has 126 valence electrons. The monoisotopic (exact) mass is 349 g/mol. The predicted octanol–water partition coefficient (Wildman–Crippen LogP) is 2.10. The maximum Gasteiger partial charge on any atom is 0.321 e. The Morgan fingerprint density at radius 1 is 1.21 bits per heavy atom. The van der Waals surface area contributed by atoms with Crippen molar-refractivity contribution in [2.75, 3.05) is 13.2 Å². The molecule has 1 heterocycles. The highest BCUT2D eigenvalue weighted by molar-refractivity contribution is 7.09. The summed E-state index contributed by atoms with van der Waals surface area (Å²) in [7, 11) is 0. The highest BCUT2D eigenvalue weighted by atomic mass is 32.1. The lowest BCUT2D eigenvalue weighted by Crippen LogP contribution is -2.42. The molecule has 24 heavy (non-hydrogen) atoms. The van der Waals surface area contributed by atoms with Gasteiger partial charge in [-0.25, -0.2) is 4.79 Å². The number of para-hydroxylation sites is 2. The van der Waals surface area contributed by atoms with Gasteiger partial charge in [-0.15, -0.1) is 11.3 Å². The Kier molecular flexibility index (Phi) is 6.26. The molecule has 2 rings (SSSR count). The summed E-state index contributed by atoms with van der Waals surface area (Å²) in [5.74, 6) is -0.725. The van der Waals surface area contributed by atoms with Crippen LogP contribution in [-0.2, 0) is 11.2 Å². The molecular weight excluding hydrogens is 334 g/mol. The predicted molar refractivity (Wildman–Crippen MR) is 88.2 cm³/mol. The van der Waals surface area contributed by atoms with Crippen molar-refractivity contribution < 1.29 is 19.2 Å². The molecule has 9 heteroatoms. The number of ether oxygens (including phenoxy) is 1. The van der Waals surface area contributed by atoms with E-state index < -0.39 is 23.5 Å². The van der Waals surface area contributed by atoms with Gasteiger partial charge < -0.3 is 10.1 Å². The highest BCUT2D eigenvalue weighted by Crippen LogP contribution is 2.25. The van der Waals surface area contributed by atoms with Crippen LogP contribution in [0.1, 0.15) is 4.88 Å². The topological polar surface area (TPSA) is 111 Å². The van der Waals surface area contributed by atoms with E-state index in [1.54, 1.807) is 17.4 Å². The van der Waals surface area contributed by atoms with Crippen molar-refractivity contribution in [1.29, 1.82) is 0 Å². The normalized spacial score (nSPS) is 10.0. The molecule has 8 nitrogen and oxygen atoms in total. The van der Waals surface area contributed by atoms with Gasteiger partial charge in [0.15, 0.2) is 12.4 Å². The highest BCUT2D eigenvalue weighted by Gasteiger charge is 2.15. The average molecular weight is 349 g/mol. The smallest absolute Gasteiger partial charge is 0.321 e. The molecule has 3 amide bonds. The lowest BCUT2D eigenvalue weighted by molar-refractivity contribution is -0.385. The van der Waals surface area contributed by atoms with Gasteiger partial charge in [-0.05, 0) is 23.9 Å². The number of rotatable bonds is 7. The van der Waals surface area contributed by atoms with Crippen LogP contribution in [0.25, 0.3) is 0 Å². The first-order chi connectivity index (χ1) is 11.6. The molecule has 0 spiro atoms. The largest absolute Gasteiger partial charge is 0.477 e. The number of amides is 3. The summed E-state index contributed by atoms with van der Waals surface area (Å²) in [5, 5.41) is 17.4. The third kappa shape index (κ3) is 5.36. The van der Waals surface area contributed by atoms with E-state index in [1.165, 1.54) is 18.2 Å². The molecule has 0 saturated heterocycles. The van der Waals surface area contributed by atoms with Crippen LogP contribution in [0, 0.1) is 10.1 Å². The van der Waals surface area contributed by atoms with Crippen molar-refractivity contribution in [3.8, 4) is 5.75 Å². The number of urea groups is 1. The summed E-state index contributed by atoms with van der Waals surface area (Å²) in [6, 6.07) is 8.93. The number of carbonyl (C=O) groups excluding carboxylic acids is 2. The minimum Gasteiger partial charge on any atom is -0.477 e. The van der Waals surface area contributed by atoms with E-state index in [0.29, 0.717) is 13.0 Å². The molecule has 2 N–H and O–H groups in total. The number of thiophene rings is 1. The van der Waals surface area contributed by atoms with Gasteiger partial charge in [-0.2, -0.15) is 0 Å². The third-order valence-electron chi connectivity index (χ3n) is 2.91. The lowest BCUT2D eigenvalue weighted by Gasteiger charge is -2.08. The van der Waals surface area contributed by atoms with Crippen LogP contribution >= 0.6 is 11.3 Å². The molecule has 0 bridgehead atoms. The number of hydrogen-bond donors (Lipinski definition) is 2. The molecule has 0 aliphatic carbocycles. The van der Waals surface area contributed by atoms with Gasteiger partial charge in [0.2, 0.25) is 0 Å². The molecule has 0 saturated carbocycles. The summed E-state index contributed by atoms with van der Waals surface area (Å²) in [6.07, 6.45) is 0.673. The first-order valence-electron chi connectivity index (χ1n) is 7.02. The quantitative estimate of drug-likeness (QED) is 0.587. The van der Waals surface area contributed by atoms with E-state index in [-0.39, 0.29) is 11.4 Å². The molecule has 0 aliphatic heterocycles. The molecule has 0 fully saturated rings. The number of nitrogens with one attached hydrogen (secondary N) is 2. The Hall–Kier alpha value is -2.94. The molecule has 0 unspecified atom stereocenters. The standard InChI is InChI=1S/C15H15N3O5S/c19-14(10-23-13-6-2-1-5-12(13)18(21)22)17-15(20)16-8-7-11-4-3-9-24-11/h1-6,9H,7-8,10H2,(H2,16,17,19,20). The second-order valence-electron chi connectivity index (χ2n) is 4.65. The number of carbonyl (C=O) groups is 2. The zero-order chi connectivity index (χ0) is 17.4. The molecule has 1 aromatic heterocycles. The van der Waals surface area contributed by atoms with E-state index in [0.717, 1.165) is 4.88 Å². The van der Waals surface area contributed by atoms with Crippen LogP contribution in [0.4, 0.5) is 10.5 Å².